The van der Waals surface area contributed by atoms with Crippen LogP contribution in [0, 0.1) is 0 Å². The van der Waals surface area contributed by atoms with Crippen LogP contribution in [0.15, 0.2) is 18.2 Å². The van der Waals surface area contributed by atoms with Crippen LogP contribution in [0.1, 0.15) is 6.42 Å². The molecule has 100 valence electrons. The molecule has 0 aromatic heterocycles. The first-order valence-corrected chi connectivity index (χ1v) is 6.27. The van der Waals surface area contributed by atoms with Crippen LogP contribution in [0.4, 0.5) is 5.69 Å². The van der Waals surface area contributed by atoms with Crippen molar-refractivity contribution in [3.05, 3.63) is 18.2 Å². The van der Waals surface area contributed by atoms with Crippen molar-refractivity contribution in [3.8, 4) is 11.5 Å². The number of hydrogen-bond acceptors (Lipinski definition) is 5. The number of fused-ring (bicyclic) bond motifs is 1. The van der Waals surface area contributed by atoms with Crippen LogP contribution in [0.2, 0.25) is 0 Å². The van der Waals surface area contributed by atoms with Crippen LogP contribution in [0.5, 0.6) is 11.5 Å². The smallest absolute Gasteiger partial charge is 0.163 e. The summed E-state index contributed by atoms with van der Waals surface area (Å²) in [5, 5.41) is 0. The Balaban J connectivity index is 2.12. The second-order valence-corrected chi connectivity index (χ2v) is 4.56. The zero-order valence-electron chi connectivity index (χ0n) is 10.8. The summed E-state index contributed by atoms with van der Waals surface area (Å²) in [6, 6.07) is 5.92. The molecule has 1 aromatic carbocycles. The van der Waals surface area contributed by atoms with E-state index < -0.39 is 0 Å². The second-order valence-electron chi connectivity index (χ2n) is 4.56. The summed E-state index contributed by atoms with van der Waals surface area (Å²) in [6.07, 6.45) is 0.915. The van der Waals surface area contributed by atoms with Crippen LogP contribution in [0.25, 0.3) is 0 Å². The van der Waals surface area contributed by atoms with Gasteiger partial charge in [-0.15, -0.1) is 0 Å². The molecule has 2 rings (SSSR count). The molecule has 5 heteroatoms. The first-order chi connectivity index (χ1) is 8.70. The van der Waals surface area contributed by atoms with Gasteiger partial charge in [-0.25, -0.2) is 0 Å². The minimum absolute atomic E-state index is 0.0222. The Morgan fingerprint density at radius 3 is 2.72 bits per heavy atom. The fraction of sp³-hybridized carbons (Fsp3) is 0.538. The van der Waals surface area contributed by atoms with Crippen LogP contribution in [0.3, 0.4) is 0 Å². The quantitative estimate of drug-likeness (QED) is 0.818. The van der Waals surface area contributed by atoms with Crippen molar-refractivity contribution in [2.75, 3.05) is 38.3 Å². The Morgan fingerprint density at radius 2 is 2.00 bits per heavy atom. The summed E-state index contributed by atoms with van der Waals surface area (Å²) >= 11 is 0. The van der Waals surface area contributed by atoms with E-state index in [0.29, 0.717) is 19.8 Å². The molecule has 1 unspecified atom stereocenters. The van der Waals surface area contributed by atoms with Crippen LogP contribution < -0.4 is 25.8 Å². The number of rotatable bonds is 4. The number of ether oxygens (including phenoxy) is 2. The summed E-state index contributed by atoms with van der Waals surface area (Å²) < 4.78 is 11.3. The largest absolute Gasteiger partial charge is 0.490 e. The Morgan fingerprint density at radius 1 is 1.28 bits per heavy atom. The Kier molecular flexibility index (Phi) is 4.28. The highest BCUT2D eigenvalue weighted by Gasteiger charge is 2.13. The fourth-order valence-corrected chi connectivity index (χ4v) is 1.92. The van der Waals surface area contributed by atoms with E-state index in [9.17, 15) is 0 Å². The average molecular weight is 251 g/mol. The number of nitrogens with two attached hydrogens (primary N) is 2. The summed E-state index contributed by atoms with van der Waals surface area (Å²) in [4.78, 5) is 2.08. The Bertz CT molecular complexity index is 398. The third-order valence-electron chi connectivity index (χ3n) is 2.98. The van der Waals surface area contributed by atoms with Crippen molar-refractivity contribution in [1.29, 1.82) is 0 Å². The molecule has 1 atom stereocenters. The molecule has 1 aromatic rings. The van der Waals surface area contributed by atoms with Gasteiger partial charge in [0.15, 0.2) is 11.5 Å². The van der Waals surface area contributed by atoms with Gasteiger partial charge in [-0.3, -0.25) is 0 Å². The van der Waals surface area contributed by atoms with E-state index in [1.54, 1.807) is 0 Å². The molecule has 18 heavy (non-hydrogen) atoms. The van der Waals surface area contributed by atoms with E-state index in [1.165, 1.54) is 0 Å². The molecule has 0 saturated carbocycles. The van der Waals surface area contributed by atoms with Crippen LogP contribution >= 0.6 is 0 Å². The highest BCUT2D eigenvalue weighted by atomic mass is 16.5. The molecule has 5 nitrogen and oxygen atoms in total. The first kappa shape index (κ1) is 13.0. The summed E-state index contributed by atoms with van der Waals surface area (Å²) in [6.45, 7) is 2.60. The van der Waals surface area contributed by atoms with Crippen molar-refractivity contribution in [2.45, 2.75) is 12.5 Å². The first-order valence-electron chi connectivity index (χ1n) is 6.27. The molecule has 0 bridgehead atoms. The number of likely N-dealkylation sites (N-methyl/N-ethyl adjacent to an activating group) is 1. The number of hydrogen-bond donors (Lipinski definition) is 2. The van der Waals surface area contributed by atoms with E-state index in [0.717, 1.165) is 30.2 Å². The van der Waals surface area contributed by atoms with Crippen molar-refractivity contribution in [2.24, 2.45) is 11.5 Å². The SMILES string of the molecule is CN(CC(N)CN)c1ccc2c(c1)OCCCO2. The van der Waals surface area contributed by atoms with Gasteiger partial charge in [-0.2, -0.15) is 0 Å². The summed E-state index contributed by atoms with van der Waals surface area (Å²) in [5.74, 6) is 1.62. The van der Waals surface area contributed by atoms with Crippen molar-refractivity contribution >= 4 is 5.69 Å². The normalized spacial score (nSPS) is 15.9. The highest BCUT2D eigenvalue weighted by molar-refractivity contribution is 5.56. The lowest BCUT2D eigenvalue weighted by Crippen LogP contribution is -2.40. The van der Waals surface area contributed by atoms with Gasteiger partial charge in [0.05, 0.1) is 13.2 Å². The van der Waals surface area contributed by atoms with Crippen molar-refractivity contribution in [1.82, 2.24) is 0 Å². The fourth-order valence-electron chi connectivity index (χ4n) is 1.92. The highest BCUT2D eigenvalue weighted by Crippen LogP contribution is 2.33. The zero-order valence-corrected chi connectivity index (χ0v) is 10.8. The van der Waals surface area contributed by atoms with E-state index in [1.807, 2.05) is 25.2 Å². The molecule has 0 radical (unpaired) electrons. The van der Waals surface area contributed by atoms with Gasteiger partial charge in [0.2, 0.25) is 0 Å². The lowest BCUT2D eigenvalue weighted by molar-refractivity contribution is 0.297. The summed E-state index contributed by atoms with van der Waals surface area (Å²) in [5.41, 5.74) is 12.4. The predicted molar refractivity (Wildman–Crippen MR) is 72.3 cm³/mol. The molecule has 0 aliphatic carbocycles. The Hall–Kier alpha value is -1.46. The van der Waals surface area contributed by atoms with Gasteiger partial charge < -0.3 is 25.8 Å². The van der Waals surface area contributed by atoms with E-state index in [2.05, 4.69) is 4.90 Å². The Labute approximate surface area is 108 Å². The number of benzene rings is 1. The maximum Gasteiger partial charge on any atom is 0.163 e. The average Bonchev–Trinajstić information content (AvgIpc) is 2.62. The van der Waals surface area contributed by atoms with Crippen molar-refractivity contribution < 1.29 is 9.47 Å². The molecular weight excluding hydrogens is 230 g/mol. The minimum atomic E-state index is -0.0222. The van der Waals surface area contributed by atoms with E-state index in [4.69, 9.17) is 20.9 Å². The van der Waals surface area contributed by atoms with E-state index >= 15 is 0 Å². The molecule has 1 aliphatic rings. The number of nitrogens with zero attached hydrogens (tertiary/aromatic N) is 1. The molecule has 0 fully saturated rings. The maximum absolute atomic E-state index is 5.85. The maximum atomic E-state index is 5.85. The molecule has 0 saturated heterocycles. The zero-order chi connectivity index (χ0) is 13.0. The second kappa shape index (κ2) is 5.93. The molecule has 1 heterocycles. The van der Waals surface area contributed by atoms with Gasteiger partial charge in [0, 0.05) is 44.4 Å². The third-order valence-corrected chi connectivity index (χ3v) is 2.98. The lowest BCUT2D eigenvalue weighted by atomic mass is 10.2. The monoisotopic (exact) mass is 251 g/mol. The molecule has 0 amide bonds. The lowest BCUT2D eigenvalue weighted by Gasteiger charge is -2.23. The minimum Gasteiger partial charge on any atom is -0.490 e. The van der Waals surface area contributed by atoms with E-state index in [-0.39, 0.29) is 6.04 Å². The predicted octanol–water partition coefficient (Wildman–Crippen LogP) is 0.570. The molecule has 0 spiro atoms. The number of anilines is 1. The van der Waals surface area contributed by atoms with Gasteiger partial charge >= 0.3 is 0 Å². The van der Waals surface area contributed by atoms with Crippen LogP contribution in [-0.4, -0.2) is 39.4 Å². The van der Waals surface area contributed by atoms with Gasteiger partial charge in [-0.05, 0) is 12.1 Å². The topological polar surface area (TPSA) is 73.7 Å². The van der Waals surface area contributed by atoms with Crippen LogP contribution in [-0.2, 0) is 0 Å². The molecule has 4 N–H and O–H groups in total. The summed E-state index contributed by atoms with van der Waals surface area (Å²) in [7, 11) is 1.99. The standard InChI is InChI=1S/C13H21N3O2/c1-16(9-10(15)8-14)11-3-4-12-13(7-11)18-6-2-5-17-12/h3-4,7,10H,2,5-6,8-9,14-15H2,1H3. The van der Waals surface area contributed by atoms with Crippen molar-refractivity contribution in [3.63, 3.8) is 0 Å². The van der Waals surface area contributed by atoms with Gasteiger partial charge in [0.1, 0.15) is 0 Å². The third kappa shape index (κ3) is 3.05. The molecule has 1 aliphatic heterocycles. The molecular formula is C13H21N3O2. The van der Waals surface area contributed by atoms with Gasteiger partial charge in [0.25, 0.3) is 0 Å². The van der Waals surface area contributed by atoms with Gasteiger partial charge in [-0.1, -0.05) is 0 Å².